The number of aromatic nitrogens is 2. The van der Waals surface area contributed by atoms with Crippen molar-refractivity contribution in [2.75, 3.05) is 17.2 Å². The van der Waals surface area contributed by atoms with Crippen molar-refractivity contribution >= 4 is 28.2 Å². The lowest BCUT2D eigenvalue weighted by molar-refractivity contribution is 0.262. The van der Waals surface area contributed by atoms with Crippen LogP contribution >= 0.6 is 11.3 Å². The van der Waals surface area contributed by atoms with Crippen molar-refractivity contribution in [2.24, 2.45) is 0 Å². The second-order valence-electron chi connectivity index (χ2n) is 6.52. The summed E-state index contributed by atoms with van der Waals surface area (Å²) in [6, 6.07) is 13.2. The van der Waals surface area contributed by atoms with E-state index in [0.717, 1.165) is 40.4 Å². The molecule has 0 atom stereocenters. The molecule has 1 heterocycles. The highest BCUT2D eigenvalue weighted by molar-refractivity contribution is 7.18. The van der Waals surface area contributed by atoms with Crippen molar-refractivity contribution in [3.05, 3.63) is 53.6 Å². The Morgan fingerprint density at radius 3 is 2.71 bits per heavy atom. The van der Waals surface area contributed by atoms with Gasteiger partial charge in [0.15, 0.2) is 0 Å². The lowest BCUT2D eigenvalue weighted by atomic mass is 10.1. The van der Waals surface area contributed by atoms with Gasteiger partial charge < -0.3 is 10.1 Å². The number of nitrogens with one attached hydrogen (secondary N) is 2. The van der Waals surface area contributed by atoms with E-state index >= 15 is 0 Å². The smallest absolute Gasteiger partial charge is 0.325 e. The highest BCUT2D eigenvalue weighted by atomic mass is 32.1. The summed E-state index contributed by atoms with van der Waals surface area (Å²) >= 11 is 1.32. The number of hydrogen-bond donors (Lipinski definition) is 2. The molecular weight excluding hydrogens is 372 g/mol. The van der Waals surface area contributed by atoms with E-state index in [-0.39, 0.29) is 6.03 Å². The number of ether oxygens (including phenoxy) is 1. The number of unbranched alkanes of at least 4 members (excludes halogenated alkanes) is 1. The highest BCUT2D eigenvalue weighted by Gasteiger charge is 2.11. The first-order valence-electron chi connectivity index (χ1n) is 9.27. The Labute approximate surface area is 169 Å². The molecular formula is C21H24N4O2S. The molecule has 2 amide bonds. The molecule has 2 N–H and O–H groups in total. The number of rotatable bonds is 7. The summed E-state index contributed by atoms with van der Waals surface area (Å²) in [4.78, 5) is 12.2. The minimum atomic E-state index is -0.345. The average molecular weight is 397 g/mol. The van der Waals surface area contributed by atoms with Crippen LogP contribution in [-0.2, 0) is 0 Å². The first kappa shape index (κ1) is 19.8. The van der Waals surface area contributed by atoms with E-state index in [1.165, 1.54) is 16.9 Å². The molecule has 3 rings (SSSR count). The Balaban J connectivity index is 1.62. The van der Waals surface area contributed by atoms with Gasteiger partial charge in [-0.3, -0.25) is 5.32 Å². The zero-order chi connectivity index (χ0) is 19.9. The molecule has 1 aromatic heterocycles. The zero-order valence-electron chi connectivity index (χ0n) is 16.3. The second kappa shape index (κ2) is 9.32. The van der Waals surface area contributed by atoms with E-state index in [1.807, 2.05) is 56.3 Å². The molecule has 0 saturated carbocycles. The van der Waals surface area contributed by atoms with E-state index in [9.17, 15) is 4.79 Å². The molecule has 0 saturated heterocycles. The van der Waals surface area contributed by atoms with Crippen molar-refractivity contribution in [3.63, 3.8) is 0 Å². The van der Waals surface area contributed by atoms with E-state index in [2.05, 4.69) is 27.8 Å². The van der Waals surface area contributed by atoms with Crippen molar-refractivity contribution in [2.45, 2.75) is 33.6 Å². The maximum atomic E-state index is 12.2. The summed E-state index contributed by atoms with van der Waals surface area (Å²) < 4.78 is 5.74. The third-order valence-electron chi connectivity index (χ3n) is 4.26. The summed E-state index contributed by atoms with van der Waals surface area (Å²) in [7, 11) is 0. The summed E-state index contributed by atoms with van der Waals surface area (Å²) in [5.41, 5.74) is 3.95. The summed E-state index contributed by atoms with van der Waals surface area (Å²) in [6.07, 6.45) is 2.11. The Kier molecular flexibility index (Phi) is 6.60. The van der Waals surface area contributed by atoms with Crippen LogP contribution in [0.4, 0.5) is 15.6 Å². The molecule has 0 fully saturated rings. The van der Waals surface area contributed by atoms with Gasteiger partial charge >= 0.3 is 6.03 Å². The molecule has 0 aliphatic carbocycles. The van der Waals surface area contributed by atoms with Crippen LogP contribution in [0.15, 0.2) is 42.5 Å². The lowest BCUT2D eigenvalue weighted by Gasteiger charge is -2.07. The highest BCUT2D eigenvalue weighted by Crippen LogP contribution is 2.29. The minimum Gasteiger partial charge on any atom is -0.494 e. The van der Waals surface area contributed by atoms with E-state index in [0.29, 0.717) is 11.7 Å². The van der Waals surface area contributed by atoms with Crippen molar-refractivity contribution < 1.29 is 9.53 Å². The van der Waals surface area contributed by atoms with Crippen molar-refractivity contribution in [1.29, 1.82) is 0 Å². The van der Waals surface area contributed by atoms with Crippen LogP contribution < -0.4 is 15.4 Å². The fourth-order valence-electron chi connectivity index (χ4n) is 2.52. The van der Waals surface area contributed by atoms with Gasteiger partial charge in [0.05, 0.1) is 6.61 Å². The molecule has 0 radical (unpaired) electrons. The van der Waals surface area contributed by atoms with Gasteiger partial charge in [0.2, 0.25) is 5.13 Å². The number of urea groups is 1. The van der Waals surface area contributed by atoms with Crippen LogP contribution in [0.25, 0.3) is 10.6 Å². The fourth-order valence-corrected chi connectivity index (χ4v) is 3.26. The monoisotopic (exact) mass is 396 g/mol. The summed E-state index contributed by atoms with van der Waals surface area (Å²) in [6.45, 7) is 6.87. The molecule has 28 heavy (non-hydrogen) atoms. The quantitative estimate of drug-likeness (QED) is 0.506. The lowest BCUT2D eigenvalue weighted by Crippen LogP contribution is -2.19. The molecule has 0 spiro atoms. The van der Waals surface area contributed by atoms with E-state index in [1.54, 1.807) is 0 Å². The number of carbonyl (C=O) groups excluding carboxylic acids is 1. The molecule has 0 aliphatic rings. The van der Waals surface area contributed by atoms with Gasteiger partial charge in [0.25, 0.3) is 0 Å². The number of carbonyl (C=O) groups is 1. The third-order valence-corrected chi connectivity index (χ3v) is 5.15. The standard InChI is InChI=1S/C21H24N4O2S/c1-4-5-11-27-18-8-6-7-16(13-18)19-24-25-21(28-19)23-20(26)22-17-10-9-14(2)15(3)12-17/h6-10,12-13H,4-5,11H2,1-3H3,(H2,22,23,25,26). The van der Waals surface area contributed by atoms with Crippen LogP contribution in [0.1, 0.15) is 30.9 Å². The van der Waals surface area contributed by atoms with Gasteiger partial charge in [-0.2, -0.15) is 0 Å². The van der Waals surface area contributed by atoms with Gasteiger partial charge in [0.1, 0.15) is 10.8 Å². The Bertz CT molecular complexity index is 955. The first-order valence-corrected chi connectivity index (χ1v) is 10.1. The number of nitrogens with zero attached hydrogens (tertiary/aromatic N) is 2. The van der Waals surface area contributed by atoms with Gasteiger partial charge in [0, 0.05) is 11.3 Å². The normalized spacial score (nSPS) is 10.5. The van der Waals surface area contributed by atoms with Crippen LogP contribution in [0, 0.1) is 13.8 Å². The molecule has 3 aromatic rings. The third kappa shape index (κ3) is 5.29. The van der Waals surface area contributed by atoms with Crippen LogP contribution in [0.5, 0.6) is 5.75 Å². The molecule has 2 aromatic carbocycles. The van der Waals surface area contributed by atoms with Gasteiger partial charge in [-0.25, -0.2) is 4.79 Å². The molecule has 7 heteroatoms. The Morgan fingerprint density at radius 1 is 1.07 bits per heavy atom. The predicted octanol–water partition coefficient (Wildman–Crippen LogP) is 5.64. The minimum absolute atomic E-state index is 0.345. The van der Waals surface area contributed by atoms with Crippen molar-refractivity contribution in [3.8, 4) is 16.3 Å². The largest absolute Gasteiger partial charge is 0.494 e. The van der Waals surface area contributed by atoms with Crippen molar-refractivity contribution in [1.82, 2.24) is 10.2 Å². The number of anilines is 2. The predicted molar refractivity (Wildman–Crippen MR) is 114 cm³/mol. The van der Waals surface area contributed by atoms with E-state index in [4.69, 9.17) is 4.74 Å². The maximum Gasteiger partial charge on any atom is 0.325 e. The van der Waals surface area contributed by atoms with Gasteiger partial charge in [-0.05, 0) is 55.7 Å². The SMILES string of the molecule is CCCCOc1cccc(-c2nnc(NC(=O)Nc3ccc(C)c(C)c3)s2)c1. The summed E-state index contributed by atoms with van der Waals surface area (Å²) in [5.74, 6) is 0.808. The molecule has 0 bridgehead atoms. The first-order chi connectivity index (χ1) is 13.5. The van der Waals surface area contributed by atoms with E-state index < -0.39 is 0 Å². The van der Waals surface area contributed by atoms with Crippen LogP contribution in [-0.4, -0.2) is 22.8 Å². The molecule has 146 valence electrons. The van der Waals surface area contributed by atoms with Gasteiger partial charge in [-0.15, -0.1) is 10.2 Å². The molecule has 0 unspecified atom stereocenters. The molecule has 0 aliphatic heterocycles. The maximum absolute atomic E-state index is 12.2. The number of aryl methyl sites for hydroxylation is 2. The van der Waals surface area contributed by atoms with Crippen LogP contribution in [0.3, 0.4) is 0 Å². The molecule has 6 nitrogen and oxygen atoms in total. The zero-order valence-corrected chi connectivity index (χ0v) is 17.1. The van der Waals surface area contributed by atoms with Gasteiger partial charge in [-0.1, -0.05) is 42.9 Å². The number of amides is 2. The Morgan fingerprint density at radius 2 is 1.93 bits per heavy atom. The van der Waals surface area contributed by atoms with Crippen LogP contribution in [0.2, 0.25) is 0 Å². The Hall–Kier alpha value is -2.93. The second-order valence-corrected chi connectivity index (χ2v) is 7.50. The topological polar surface area (TPSA) is 76.1 Å². The number of hydrogen-bond acceptors (Lipinski definition) is 5. The number of benzene rings is 2. The fraction of sp³-hybridized carbons (Fsp3) is 0.286. The average Bonchev–Trinajstić information content (AvgIpc) is 3.13. The summed E-state index contributed by atoms with van der Waals surface area (Å²) in [5, 5.41) is 15.0.